The molecular weight excluding hydrogens is 189 g/mol. The van der Waals surface area contributed by atoms with Gasteiger partial charge in [0.15, 0.2) is 0 Å². The van der Waals surface area contributed by atoms with Crippen LogP contribution in [0.3, 0.4) is 0 Å². The molecular formula is C13H16FN. The normalized spacial score (nSPS) is 10.3. The van der Waals surface area contributed by atoms with Crippen molar-refractivity contribution in [3.8, 4) is 0 Å². The summed E-state index contributed by atoms with van der Waals surface area (Å²) in [6.07, 6.45) is 3.62. The fraction of sp³-hybridized carbons (Fsp3) is 0.231. The van der Waals surface area contributed by atoms with Crippen molar-refractivity contribution >= 4 is 0 Å². The van der Waals surface area contributed by atoms with Gasteiger partial charge >= 0.3 is 0 Å². The van der Waals surface area contributed by atoms with E-state index in [0.717, 1.165) is 13.1 Å². The quantitative estimate of drug-likeness (QED) is 0.645. The molecule has 0 aromatic heterocycles. The Morgan fingerprint density at radius 2 is 1.73 bits per heavy atom. The molecule has 80 valence electrons. The van der Waals surface area contributed by atoms with E-state index >= 15 is 0 Å². The summed E-state index contributed by atoms with van der Waals surface area (Å²) in [5.41, 5.74) is 0.709. The highest BCUT2D eigenvalue weighted by molar-refractivity contribution is 5.17. The van der Waals surface area contributed by atoms with Crippen LogP contribution < -0.4 is 0 Å². The van der Waals surface area contributed by atoms with E-state index in [9.17, 15) is 4.39 Å². The molecule has 0 N–H and O–H groups in total. The molecule has 0 saturated carbocycles. The van der Waals surface area contributed by atoms with E-state index < -0.39 is 0 Å². The summed E-state index contributed by atoms with van der Waals surface area (Å²) in [7, 11) is 0. The second-order valence-corrected chi connectivity index (χ2v) is 3.36. The highest BCUT2D eigenvalue weighted by atomic mass is 19.1. The maximum atomic E-state index is 13.4. The molecule has 0 aliphatic carbocycles. The molecule has 0 heterocycles. The molecule has 0 fully saturated rings. The van der Waals surface area contributed by atoms with E-state index in [1.54, 1.807) is 12.1 Å². The molecule has 1 nitrogen and oxygen atoms in total. The van der Waals surface area contributed by atoms with Gasteiger partial charge in [0.05, 0.1) is 0 Å². The van der Waals surface area contributed by atoms with Gasteiger partial charge in [-0.05, 0) is 6.07 Å². The summed E-state index contributed by atoms with van der Waals surface area (Å²) in [5.74, 6) is -0.157. The van der Waals surface area contributed by atoms with Gasteiger partial charge in [-0.1, -0.05) is 30.4 Å². The van der Waals surface area contributed by atoms with Crippen LogP contribution in [-0.4, -0.2) is 18.0 Å². The monoisotopic (exact) mass is 205 g/mol. The fourth-order valence-corrected chi connectivity index (χ4v) is 1.44. The number of rotatable bonds is 6. The van der Waals surface area contributed by atoms with Crippen LogP contribution in [0.4, 0.5) is 4.39 Å². The minimum atomic E-state index is -0.157. The van der Waals surface area contributed by atoms with Crippen LogP contribution in [0.1, 0.15) is 5.56 Å². The van der Waals surface area contributed by atoms with E-state index in [-0.39, 0.29) is 5.82 Å². The Morgan fingerprint density at radius 1 is 1.13 bits per heavy atom. The Balaban J connectivity index is 2.68. The summed E-state index contributed by atoms with van der Waals surface area (Å²) in [6.45, 7) is 9.42. The molecule has 0 spiro atoms. The fourth-order valence-electron chi connectivity index (χ4n) is 1.44. The van der Waals surface area contributed by atoms with Gasteiger partial charge < -0.3 is 0 Å². The van der Waals surface area contributed by atoms with E-state index in [1.165, 1.54) is 6.07 Å². The Hall–Kier alpha value is -1.41. The summed E-state index contributed by atoms with van der Waals surface area (Å²) in [4.78, 5) is 2.07. The zero-order valence-corrected chi connectivity index (χ0v) is 8.82. The smallest absolute Gasteiger partial charge is 0.127 e. The zero-order valence-electron chi connectivity index (χ0n) is 8.82. The van der Waals surface area contributed by atoms with Gasteiger partial charge in [0.25, 0.3) is 0 Å². The van der Waals surface area contributed by atoms with Crippen LogP contribution in [-0.2, 0) is 6.54 Å². The number of benzene rings is 1. The van der Waals surface area contributed by atoms with Gasteiger partial charge in [0, 0.05) is 25.2 Å². The summed E-state index contributed by atoms with van der Waals surface area (Å²) < 4.78 is 13.4. The molecule has 2 heteroatoms. The first-order valence-corrected chi connectivity index (χ1v) is 4.95. The highest BCUT2D eigenvalue weighted by Crippen LogP contribution is 2.09. The minimum Gasteiger partial charge on any atom is -0.292 e. The lowest BCUT2D eigenvalue weighted by Gasteiger charge is -2.18. The average molecular weight is 205 g/mol. The first kappa shape index (κ1) is 11.7. The largest absolute Gasteiger partial charge is 0.292 e. The third-order valence-corrected chi connectivity index (χ3v) is 2.13. The third kappa shape index (κ3) is 3.68. The topological polar surface area (TPSA) is 3.24 Å². The zero-order chi connectivity index (χ0) is 11.1. The number of nitrogens with zero attached hydrogens (tertiary/aromatic N) is 1. The second kappa shape index (κ2) is 6.14. The lowest BCUT2D eigenvalue weighted by molar-refractivity contribution is 0.322. The van der Waals surface area contributed by atoms with Gasteiger partial charge in [-0.2, -0.15) is 0 Å². The van der Waals surface area contributed by atoms with Crippen LogP contribution in [0.5, 0.6) is 0 Å². The molecule has 0 atom stereocenters. The average Bonchev–Trinajstić information content (AvgIpc) is 2.22. The Kier molecular flexibility index (Phi) is 4.78. The van der Waals surface area contributed by atoms with Crippen molar-refractivity contribution in [1.29, 1.82) is 0 Å². The molecule has 0 radical (unpaired) electrons. The van der Waals surface area contributed by atoms with E-state index in [4.69, 9.17) is 0 Å². The lowest BCUT2D eigenvalue weighted by Crippen LogP contribution is -2.23. The summed E-state index contributed by atoms with van der Waals surface area (Å²) >= 11 is 0. The van der Waals surface area contributed by atoms with Gasteiger partial charge in [-0.25, -0.2) is 4.39 Å². The minimum absolute atomic E-state index is 0.157. The van der Waals surface area contributed by atoms with Crippen LogP contribution in [0, 0.1) is 5.82 Å². The third-order valence-electron chi connectivity index (χ3n) is 2.13. The Labute approximate surface area is 90.5 Å². The first-order valence-electron chi connectivity index (χ1n) is 4.95. The molecule has 0 aliphatic heterocycles. The van der Waals surface area contributed by atoms with Crippen LogP contribution in [0.15, 0.2) is 49.6 Å². The van der Waals surface area contributed by atoms with Crippen LogP contribution in [0.2, 0.25) is 0 Å². The predicted octanol–water partition coefficient (Wildman–Crippen LogP) is 3.00. The van der Waals surface area contributed by atoms with Crippen LogP contribution >= 0.6 is 0 Å². The molecule has 0 bridgehead atoms. The van der Waals surface area contributed by atoms with E-state index in [2.05, 4.69) is 18.1 Å². The van der Waals surface area contributed by atoms with Gasteiger partial charge in [-0.3, -0.25) is 4.90 Å². The van der Waals surface area contributed by atoms with Crippen molar-refractivity contribution in [3.63, 3.8) is 0 Å². The molecule has 1 rings (SSSR count). The van der Waals surface area contributed by atoms with E-state index in [1.807, 2.05) is 18.2 Å². The summed E-state index contributed by atoms with van der Waals surface area (Å²) in [6, 6.07) is 6.83. The summed E-state index contributed by atoms with van der Waals surface area (Å²) in [5, 5.41) is 0. The van der Waals surface area contributed by atoms with Crippen LogP contribution in [0.25, 0.3) is 0 Å². The van der Waals surface area contributed by atoms with Crippen molar-refractivity contribution in [2.45, 2.75) is 6.54 Å². The molecule has 1 aromatic carbocycles. The molecule has 0 saturated heterocycles. The second-order valence-electron chi connectivity index (χ2n) is 3.36. The molecule has 15 heavy (non-hydrogen) atoms. The molecule has 1 aromatic rings. The Morgan fingerprint density at radius 3 is 2.27 bits per heavy atom. The Bertz CT molecular complexity index is 323. The van der Waals surface area contributed by atoms with Crippen molar-refractivity contribution in [2.75, 3.05) is 13.1 Å². The first-order chi connectivity index (χ1) is 7.27. The van der Waals surface area contributed by atoms with Crippen molar-refractivity contribution in [1.82, 2.24) is 4.90 Å². The number of hydrogen-bond acceptors (Lipinski definition) is 1. The van der Waals surface area contributed by atoms with E-state index in [0.29, 0.717) is 12.1 Å². The maximum Gasteiger partial charge on any atom is 0.127 e. The predicted molar refractivity (Wildman–Crippen MR) is 62.1 cm³/mol. The van der Waals surface area contributed by atoms with Crippen molar-refractivity contribution in [3.05, 3.63) is 61.0 Å². The van der Waals surface area contributed by atoms with Gasteiger partial charge in [0.1, 0.15) is 5.82 Å². The maximum absolute atomic E-state index is 13.4. The standard InChI is InChI=1S/C13H16FN/c1-3-9-15(10-4-2)11-12-7-5-6-8-13(12)14/h3-8H,1-2,9-11H2. The molecule has 0 unspecified atom stereocenters. The lowest BCUT2D eigenvalue weighted by atomic mass is 10.2. The van der Waals surface area contributed by atoms with Gasteiger partial charge in [0.2, 0.25) is 0 Å². The van der Waals surface area contributed by atoms with Gasteiger partial charge in [-0.15, -0.1) is 13.2 Å². The highest BCUT2D eigenvalue weighted by Gasteiger charge is 2.05. The van der Waals surface area contributed by atoms with Crippen molar-refractivity contribution < 1.29 is 4.39 Å². The number of hydrogen-bond donors (Lipinski definition) is 0. The molecule has 0 aliphatic rings. The SMILES string of the molecule is C=CCN(CC=C)Cc1ccccc1F. The number of halogens is 1. The molecule has 0 amide bonds. The van der Waals surface area contributed by atoms with Crippen molar-refractivity contribution in [2.24, 2.45) is 0 Å².